The number of benzene rings is 1. The molecule has 1 fully saturated rings. The van der Waals surface area contributed by atoms with Gasteiger partial charge < -0.3 is 9.64 Å². The molecule has 1 aliphatic heterocycles. The van der Waals surface area contributed by atoms with E-state index in [1.807, 2.05) is 30.3 Å². The average Bonchev–Trinajstić information content (AvgIpc) is 2.72. The minimum atomic E-state index is -0.368. The van der Waals surface area contributed by atoms with Crippen molar-refractivity contribution in [2.45, 2.75) is 12.3 Å². The molecule has 4 heteroatoms. The normalized spacial score (nSPS) is 19.5. The summed E-state index contributed by atoms with van der Waals surface area (Å²) in [5.74, 6) is -0.463. The van der Waals surface area contributed by atoms with Crippen LogP contribution in [-0.4, -0.2) is 37.0 Å². The van der Waals surface area contributed by atoms with Crippen molar-refractivity contribution < 1.29 is 14.3 Å². The molecule has 1 heterocycles. The van der Waals surface area contributed by atoms with Gasteiger partial charge in [0.05, 0.1) is 13.0 Å². The number of nitrogens with zero attached hydrogens (tertiary/aromatic N) is 1. The Kier molecular flexibility index (Phi) is 3.42. The molecule has 0 saturated carbocycles. The fourth-order valence-electron chi connectivity index (χ4n) is 2.11. The number of likely N-dealkylation sites (tertiary alicyclic amines) is 1. The van der Waals surface area contributed by atoms with E-state index in [0.29, 0.717) is 6.54 Å². The van der Waals surface area contributed by atoms with E-state index in [1.165, 1.54) is 7.11 Å². The molecule has 1 aliphatic rings. The van der Waals surface area contributed by atoms with Crippen molar-refractivity contribution in [1.29, 1.82) is 0 Å². The molecule has 2 rings (SSSR count). The van der Waals surface area contributed by atoms with Crippen LogP contribution in [0.4, 0.5) is 0 Å². The van der Waals surface area contributed by atoms with Crippen LogP contribution in [-0.2, 0) is 14.3 Å². The van der Waals surface area contributed by atoms with E-state index in [1.54, 1.807) is 4.90 Å². The lowest BCUT2D eigenvalue weighted by atomic mass is 9.98. The van der Waals surface area contributed by atoms with Crippen molar-refractivity contribution in [3.63, 3.8) is 0 Å². The molecule has 1 aromatic carbocycles. The third-order valence-electron chi connectivity index (χ3n) is 3.05. The number of ether oxygens (including phenoxy) is 1. The fourth-order valence-corrected chi connectivity index (χ4v) is 2.11. The first-order valence-electron chi connectivity index (χ1n) is 5.63. The second-order valence-corrected chi connectivity index (χ2v) is 4.09. The van der Waals surface area contributed by atoms with Crippen LogP contribution in [0.2, 0.25) is 0 Å². The maximum absolute atomic E-state index is 12.1. The Morgan fingerprint density at radius 3 is 2.76 bits per heavy atom. The summed E-state index contributed by atoms with van der Waals surface area (Å²) in [5, 5.41) is 0. The predicted octanol–water partition coefficient (Wildman–Crippen LogP) is 1.18. The zero-order valence-electron chi connectivity index (χ0n) is 9.76. The molecule has 0 aromatic heterocycles. The van der Waals surface area contributed by atoms with Gasteiger partial charge in [0.2, 0.25) is 5.91 Å². The van der Waals surface area contributed by atoms with Gasteiger partial charge in [-0.2, -0.15) is 0 Å². The van der Waals surface area contributed by atoms with Gasteiger partial charge in [-0.3, -0.25) is 9.59 Å². The van der Waals surface area contributed by atoms with Gasteiger partial charge in [-0.1, -0.05) is 30.3 Å². The number of amides is 1. The Morgan fingerprint density at radius 2 is 2.12 bits per heavy atom. The third kappa shape index (κ3) is 2.46. The lowest BCUT2D eigenvalue weighted by Crippen LogP contribution is -2.32. The predicted molar refractivity (Wildman–Crippen MR) is 62.4 cm³/mol. The molecule has 90 valence electrons. The fraction of sp³-hybridized carbons (Fsp3) is 0.385. The van der Waals surface area contributed by atoms with Gasteiger partial charge in [0.25, 0.3) is 0 Å². The number of hydrogen-bond donors (Lipinski definition) is 0. The van der Waals surface area contributed by atoms with Crippen molar-refractivity contribution in [1.82, 2.24) is 4.90 Å². The van der Waals surface area contributed by atoms with Crippen LogP contribution in [0.1, 0.15) is 17.9 Å². The largest absolute Gasteiger partial charge is 0.468 e. The summed E-state index contributed by atoms with van der Waals surface area (Å²) in [5.41, 5.74) is 1.02. The molecule has 1 aromatic rings. The second-order valence-electron chi connectivity index (χ2n) is 4.09. The van der Waals surface area contributed by atoms with E-state index in [2.05, 4.69) is 4.74 Å². The van der Waals surface area contributed by atoms with Gasteiger partial charge in [0.1, 0.15) is 6.54 Å². The van der Waals surface area contributed by atoms with Crippen LogP contribution in [0.25, 0.3) is 0 Å². The molecule has 1 amide bonds. The molecular weight excluding hydrogens is 218 g/mol. The number of rotatable bonds is 3. The number of esters is 1. The van der Waals surface area contributed by atoms with Crippen LogP contribution in [0, 0.1) is 0 Å². The van der Waals surface area contributed by atoms with Gasteiger partial charge >= 0.3 is 5.97 Å². The Bertz CT molecular complexity index is 416. The summed E-state index contributed by atoms with van der Waals surface area (Å²) >= 11 is 0. The summed E-state index contributed by atoms with van der Waals surface area (Å²) in [6.45, 7) is 0.673. The lowest BCUT2D eigenvalue weighted by Gasteiger charge is -2.15. The minimum absolute atomic E-state index is 0.0154. The highest BCUT2D eigenvalue weighted by Crippen LogP contribution is 2.28. The highest BCUT2D eigenvalue weighted by Gasteiger charge is 2.33. The second kappa shape index (κ2) is 4.99. The SMILES string of the molecule is COC(=O)CN1CCC(c2ccccc2)C1=O. The molecule has 1 unspecified atom stereocenters. The number of methoxy groups -OCH3 is 1. The third-order valence-corrected chi connectivity index (χ3v) is 3.05. The topological polar surface area (TPSA) is 46.6 Å². The van der Waals surface area contributed by atoms with E-state index in [9.17, 15) is 9.59 Å². The smallest absolute Gasteiger partial charge is 0.325 e. The zero-order valence-corrected chi connectivity index (χ0v) is 9.76. The molecule has 0 spiro atoms. The monoisotopic (exact) mass is 233 g/mol. The van der Waals surface area contributed by atoms with Crippen molar-refractivity contribution in [3.05, 3.63) is 35.9 Å². The van der Waals surface area contributed by atoms with Crippen LogP contribution in [0.3, 0.4) is 0 Å². The quantitative estimate of drug-likeness (QED) is 0.736. The number of hydrogen-bond acceptors (Lipinski definition) is 3. The summed E-state index contributed by atoms with van der Waals surface area (Å²) in [4.78, 5) is 24.8. The van der Waals surface area contributed by atoms with Gasteiger partial charge in [-0.25, -0.2) is 0 Å². The van der Waals surface area contributed by atoms with Crippen LogP contribution in [0.5, 0.6) is 0 Å². The molecule has 0 N–H and O–H groups in total. The molecule has 17 heavy (non-hydrogen) atoms. The van der Waals surface area contributed by atoms with E-state index >= 15 is 0 Å². The Balaban J connectivity index is 2.05. The van der Waals surface area contributed by atoms with E-state index < -0.39 is 0 Å². The Hall–Kier alpha value is -1.84. The molecule has 1 saturated heterocycles. The lowest BCUT2D eigenvalue weighted by molar-refractivity contribution is -0.145. The first-order chi connectivity index (χ1) is 8.22. The van der Waals surface area contributed by atoms with Crippen LogP contribution < -0.4 is 0 Å². The van der Waals surface area contributed by atoms with Crippen LogP contribution in [0.15, 0.2) is 30.3 Å². The average molecular weight is 233 g/mol. The number of carbonyl (C=O) groups excluding carboxylic acids is 2. The molecule has 0 bridgehead atoms. The molecule has 0 aliphatic carbocycles. The Labute approximate surface area is 100 Å². The summed E-state index contributed by atoms with van der Waals surface area (Å²) in [6.07, 6.45) is 0.764. The zero-order chi connectivity index (χ0) is 12.3. The summed E-state index contributed by atoms with van der Waals surface area (Å²) < 4.78 is 4.57. The maximum Gasteiger partial charge on any atom is 0.325 e. The first-order valence-corrected chi connectivity index (χ1v) is 5.63. The maximum atomic E-state index is 12.1. The summed E-state index contributed by atoms with van der Waals surface area (Å²) in [6, 6.07) is 9.67. The minimum Gasteiger partial charge on any atom is -0.468 e. The molecule has 1 atom stereocenters. The van der Waals surface area contributed by atoms with Crippen molar-refractivity contribution in [2.24, 2.45) is 0 Å². The van der Waals surface area contributed by atoms with E-state index in [0.717, 1.165) is 12.0 Å². The molecular formula is C13H15NO3. The van der Waals surface area contributed by atoms with E-state index in [4.69, 9.17) is 0 Å². The van der Waals surface area contributed by atoms with Crippen molar-refractivity contribution in [3.8, 4) is 0 Å². The van der Waals surface area contributed by atoms with Gasteiger partial charge in [0.15, 0.2) is 0 Å². The van der Waals surface area contributed by atoms with Crippen molar-refractivity contribution >= 4 is 11.9 Å². The number of carbonyl (C=O) groups is 2. The van der Waals surface area contributed by atoms with Gasteiger partial charge in [-0.15, -0.1) is 0 Å². The summed E-state index contributed by atoms with van der Waals surface area (Å²) in [7, 11) is 1.33. The van der Waals surface area contributed by atoms with Gasteiger partial charge in [-0.05, 0) is 12.0 Å². The Morgan fingerprint density at radius 1 is 1.41 bits per heavy atom. The highest BCUT2D eigenvalue weighted by atomic mass is 16.5. The van der Waals surface area contributed by atoms with Gasteiger partial charge in [0, 0.05) is 6.54 Å². The molecule has 4 nitrogen and oxygen atoms in total. The standard InChI is InChI=1S/C13H15NO3/c1-17-12(15)9-14-8-7-11(13(14)16)10-5-3-2-4-6-10/h2-6,11H,7-9H2,1H3. The van der Waals surface area contributed by atoms with Crippen LogP contribution >= 0.6 is 0 Å². The van der Waals surface area contributed by atoms with E-state index in [-0.39, 0.29) is 24.3 Å². The highest BCUT2D eigenvalue weighted by molar-refractivity contribution is 5.88. The first kappa shape index (κ1) is 11.6. The van der Waals surface area contributed by atoms with Crippen molar-refractivity contribution in [2.75, 3.05) is 20.2 Å². The molecule has 0 radical (unpaired) electrons.